The van der Waals surface area contributed by atoms with Gasteiger partial charge in [0.15, 0.2) is 5.76 Å². The quantitative estimate of drug-likeness (QED) is 0.321. The first-order chi connectivity index (χ1) is 16.5. The summed E-state index contributed by atoms with van der Waals surface area (Å²) in [4.78, 5) is 18.1. The fourth-order valence-electron chi connectivity index (χ4n) is 4.62. The van der Waals surface area contributed by atoms with Gasteiger partial charge in [0.05, 0.1) is 11.3 Å². The van der Waals surface area contributed by atoms with Crippen molar-refractivity contribution >= 4 is 23.3 Å². The highest BCUT2D eigenvalue weighted by molar-refractivity contribution is 6.33. The Bertz CT molecular complexity index is 1310. The number of carbonyl (C=O) groups excluding carboxylic acids is 1. The number of benzene rings is 2. The van der Waals surface area contributed by atoms with Gasteiger partial charge in [-0.15, -0.1) is 0 Å². The largest absolute Gasteiger partial charge is 0.459 e. The van der Waals surface area contributed by atoms with Gasteiger partial charge in [0.2, 0.25) is 0 Å². The van der Waals surface area contributed by atoms with Crippen molar-refractivity contribution < 1.29 is 13.6 Å². The number of aryl methyl sites for hydroxylation is 1. The predicted molar refractivity (Wildman–Crippen MR) is 132 cm³/mol. The number of rotatable bonds is 5. The number of nitrogens with zero attached hydrogens (tertiary/aromatic N) is 2. The van der Waals surface area contributed by atoms with Crippen molar-refractivity contribution in [2.45, 2.75) is 45.1 Å². The molecule has 5 nitrogen and oxygen atoms in total. The molecule has 0 unspecified atom stereocenters. The summed E-state index contributed by atoms with van der Waals surface area (Å²) in [5, 5.41) is 3.64. The predicted octanol–water partition coefficient (Wildman–Crippen LogP) is 7.67. The Morgan fingerprint density at radius 2 is 1.88 bits per heavy atom. The summed E-state index contributed by atoms with van der Waals surface area (Å²) in [6, 6.07) is 15.4. The fraction of sp³-hybridized carbons (Fsp3) is 0.259. The van der Waals surface area contributed by atoms with E-state index < -0.39 is 0 Å². The molecule has 0 radical (unpaired) electrons. The second-order valence-electron chi connectivity index (χ2n) is 8.72. The molecule has 0 atom stereocenters. The molecule has 1 aliphatic carbocycles. The van der Waals surface area contributed by atoms with Gasteiger partial charge in [0.1, 0.15) is 23.2 Å². The van der Waals surface area contributed by atoms with Crippen molar-refractivity contribution in [1.29, 1.82) is 0 Å². The van der Waals surface area contributed by atoms with Gasteiger partial charge in [-0.2, -0.15) is 0 Å². The van der Waals surface area contributed by atoms with Crippen LogP contribution in [-0.4, -0.2) is 15.5 Å². The summed E-state index contributed by atoms with van der Waals surface area (Å²) in [6.45, 7) is 1.99. The molecule has 4 aromatic rings. The third-order valence-corrected chi connectivity index (χ3v) is 6.62. The number of furan rings is 1. The topological polar surface area (TPSA) is 60.1 Å². The van der Waals surface area contributed by atoms with Crippen LogP contribution >= 0.6 is 11.6 Å². The number of amides is 1. The van der Waals surface area contributed by atoms with Crippen molar-refractivity contribution in [2.75, 3.05) is 5.32 Å². The first-order valence-electron chi connectivity index (χ1n) is 11.5. The number of hydrogen-bond donors (Lipinski definition) is 1. The van der Waals surface area contributed by atoms with Crippen LogP contribution in [0.1, 0.15) is 54.3 Å². The van der Waals surface area contributed by atoms with Crippen LogP contribution in [0.5, 0.6) is 0 Å². The Balaban J connectivity index is 1.73. The maximum atomic E-state index is 13.7. The van der Waals surface area contributed by atoms with Crippen molar-refractivity contribution in [1.82, 2.24) is 9.55 Å². The van der Waals surface area contributed by atoms with Crippen LogP contribution in [0.15, 0.2) is 65.3 Å². The number of hydrogen-bond acceptors (Lipinski definition) is 3. The second kappa shape index (κ2) is 9.47. The molecule has 174 valence electrons. The number of imidazole rings is 1. The van der Waals surface area contributed by atoms with E-state index in [0.717, 1.165) is 36.8 Å². The smallest absolute Gasteiger partial charge is 0.292 e. The third kappa shape index (κ3) is 4.38. The summed E-state index contributed by atoms with van der Waals surface area (Å²) in [5.41, 5.74) is 3.11. The maximum absolute atomic E-state index is 13.7. The minimum Gasteiger partial charge on any atom is -0.459 e. The van der Waals surface area contributed by atoms with E-state index in [9.17, 15) is 9.18 Å². The Hall–Kier alpha value is -3.38. The van der Waals surface area contributed by atoms with Crippen LogP contribution in [0.25, 0.3) is 22.6 Å². The van der Waals surface area contributed by atoms with Crippen LogP contribution in [-0.2, 0) is 0 Å². The lowest BCUT2D eigenvalue weighted by molar-refractivity contribution is 0.0995. The molecule has 1 aliphatic rings. The van der Waals surface area contributed by atoms with E-state index in [1.54, 1.807) is 24.3 Å². The number of carbonyl (C=O) groups is 1. The van der Waals surface area contributed by atoms with E-state index in [1.165, 1.54) is 24.8 Å². The number of anilines is 1. The maximum Gasteiger partial charge on any atom is 0.292 e. The molecule has 1 N–H and O–H groups in total. The third-order valence-electron chi connectivity index (χ3n) is 6.31. The van der Waals surface area contributed by atoms with Gasteiger partial charge in [-0.05, 0) is 73.9 Å². The number of aromatic nitrogens is 2. The molecule has 2 aromatic heterocycles. The second-order valence-corrected chi connectivity index (χ2v) is 9.12. The van der Waals surface area contributed by atoms with Gasteiger partial charge in [0, 0.05) is 17.2 Å². The lowest BCUT2D eigenvalue weighted by Gasteiger charge is -2.27. The van der Waals surface area contributed by atoms with Crippen molar-refractivity contribution in [2.24, 2.45) is 0 Å². The molecule has 1 amide bonds. The van der Waals surface area contributed by atoms with E-state index >= 15 is 0 Å². The van der Waals surface area contributed by atoms with E-state index in [0.29, 0.717) is 27.9 Å². The molecule has 0 bridgehead atoms. The van der Waals surface area contributed by atoms with Crippen molar-refractivity contribution in [3.8, 4) is 22.6 Å². The molecule has 1 saturated carbocycles. The Morgan fingerprint density at radius 3 is 2.56 bits per heavy atom. The van der Waals surface area contributed by atoms with E-state index in [4.69, 9.17) is 21.0 Å². The molecule has 0 aliphatic heterocycles. The summed E-state index contributed by atoms with van der Waals surface area (Å²) in [6.07, 6.45) is 6.79. The van der Waals surface area contributed by atoms with Crippen LogP contribution < -0.4 is 5.32 Å². The Morgan fingerprint density at radius 1 is 1.12 bits per heavy atom. The molecule has 34 heavy (non-hydrogen) atoms. The van der Waals surface area contributed by atoms with Gasteiger partial charge in [-0.3, -0.25) is 4.79 Å². The monoisotopic (exact) mass is 477 g/mol. The standard InChI is InChI=1S/C27H25ClFN3O2/c1-17-9-14-21(22(28)16-17)25-30-24(18-10-12-19(29)13-11-18)26(31-27(33)23-8-5-15-34-23)32(25)20-6-3-2-4-7-20/h5,8-16,20H,2-4,6-7H2,1H3,(H,31,33). The highest BCUT2D eigenvalue weighted by atomic mass is 35.5. The van der Waals surface area contributed by atoms with E-state index in [-0.39, 0.29) is 23.5 Å². The van der Waals surface area contributed by atoms with Crippen LogP contribution in [0, 0.1) is 12.7 Å². The first kappa shape index (κ1) is 22.4. The van der Waals surface area contributed by atoms with Crippen molar-refractivity contribution in [3.05, 3.63) is 83.0 Å². The zero-order valence-corrected chi connectivity index (χ0v) is 19.6. The highest BCUT2D eigenvalue weighted by Gasteiger charge is 2.29. The summed E-state index contributed by atoms with van der Waals surface area (Å²) in [7, 11) is 0. The zero-order valence-electron chi connectivity index (χ0n) is 18.9. The van der Waals surface area contributed by atoms with Gasteiger partial charge in [-0.25, -0.2) is 9.37 Å². The average molecular weight is 478 g/mol. The minimum absolute atomic E-state index is 0.148. The molecule has 5 rings (SSSR count). The SMILES string of the molecule is Cc1ccc(-c2nc(-c3ccc(F)cc3)c(NC(=O)c3ccco3)n2C2CCCCC2)c(Cl)c1. The summed E-state index contributed by atoms with van der Waals surface area (Å²) in [5.74, 6) is 0.749. The van der Waals surface area contributed by atoms with Gasteiger partial charge in [0.25, 0.3) is 5.91 Å². The molecule has 2 heterocycles. The number of nitrogens with one attached hydrogen (secondary N) is 1. The molecule has 7 heteroatoms. The Labute approximate surface area is 202 Å². The average Bonchev–Trinajstić information content (AvgIpc) is 3.49. The van der Waals surface area contributed by atoms with Crippen LogP contribution in [0.2, 0.25) is 5.02 Å². The number of halogens is 2. The molecule has 2 aromatic carbocycles. The Kier molecular flexibility index (Phi) is 6.24. The van der Waals surface area contributed by atoms with Gasteiger partial charge in [-0.1, -0.05) is 36.9 Å². The van der Waals surface area contributed by atoms with Gasteiger partial charge >= 0.3 is 0 Å². The van der Waals surface area contributed by atoms with E-state index in [1.807, 2.05) is 25.1 Å². The van der Waals surface area contributed by atoms with Crippen LogP contribution in [0.3, 0.4) is 0 Å². The normalized spacial score (nSPS) is 14.3. The highest BCUT2D eigenvalue weighted by Crippen LogP contribution is 2.42. The fourth-order valence-corrected chi connectivity index (χ4v) is 4.94. The molecule has 1 fully saturated rings. The first-order valence-corrected chi connectivity index (χ1v) is 11.9. The lowest BCUT2D eigenvalue weighted by atomic mass is 9.95. The van der Waals surface area contributed by atoms with E-state index in [2.05, 4.69) is 9.88 Å². The molecular formula is C27H25ClFN3O2. The summed E-state index contributed by atoms with van der Waals surface area (Å²) >= 11 is 6.69. The zero-order chi connectivity index (χ0) is 23.7. The lowest BCUT2D eigenvalue weighted by Crippen LogP contribution is -2.20. The minimum atomic E-state index is -0.369. The van der Waals surface area contributed by atoms with Crippen molar-refractivity contribution in [3.63, 3.8) is 0 Å². The summed E-state index contributed by atoms with van der Waals surface area (Å²) < 4.78 is 21.1. The van der Waals surface area contributed by atoms with Crippen LogP contribution in [0.4, 0.5) is 10.2 Å². The molecular weight excluding hydrogens is 453 g/mol. The van der Waals surface area contributed by atoms with Gasteiger partial charge < -0.3 is 14.3 Å². The molecule has 0 spiro atoms. The molecule has 0 saturated heterocycles.